The van der Waals surface area contributed by atoms with Crippen LogP contribution in [0.1, 0.15) is 18.5 Å². The van der Waals surface area contributed by atoms with Crippen molar-refractivity contribution in [2.24, 2.45) is 5.73 Å². The number of nitro groups is 1. The smallest absolute Gasteiger partial charge is 0.312 e. The number of hydrogen-bond acceptors (Lipinski definition) is 4. The molecule has 2 N–H and O–H groups in total. The molecule has 0 aliphatic rings. The van der Waals surface area contributed by atoms with E-state index >= 15 is 0 Å². The lowest BCUT2D eigenvalue weighted by Crippen LogP contribution is -2.05. The van der Waals surface area contributed by atoms with Gasteiger partial charge in [0, 0.05) is 16.6 Å². The van der Waals surface area contributed by atoms with Crippen LogP contribution in [0.4, 0.5) is 10.1 Å². The highest BCUT2D eigenvalue weighted by atomic mass is 79.9. The predicted octanol–water partition coefficient (Wildman–Crippen LogP) is 4.31. The van der Waals surface area contributed by atoms with Crippen molar-refractivity contribution in [3.8, 4) is 11.5 Å². The van der Waals surface area contributed by atoms with Crippen molar-refractivity contribution in [2.45, 2.75) is 13.0 Å². The van der Waals surface area contributed by atoms with Gasteiger partial charge in [-0.3, -0.25) is 10.1 Å². The van der Waals surface area contributed by atoms with Gasteiger partial charge in [0.15, 0.2) is 11.6 Å². The van der Waals surface area contributed by atoms with E-state index in [0.29, 0.717) is 10.0 Å². The molecule has 2 aromatic rings. The fourth-order valence-electron chi connectivity index (χ4n) is 1.72. The first-order valence-corrected chi connectivity index (χ1v) is 6.84. The van der Waals surface area contributed by atoms with Gasteiger partial charge < -0.3 is 10.5 Å². The maximum Gasteiger partial charge on any atom is 0.312 e. The zero-order valence-corrected chi connectivity index (χ0v) is 12.6. The van der Waals surface area contributed by atoms with Gasteiger partial charge in [0.05, 0.1) is 4.92 Å². The van der Waals surface area contributed by atoms with Crippen molar-refractivity contribution in [1.29, 1.82) is 0 Å². The molecule has 1 atom stereocenters. The number of benzene rings is 2. The summed E-state index contributed by atoms with van der Waals surface area (Å²) in [4.78, 5) is 10.4. The number of hydrogen-bond donors (Lipinski definition) is 1. The van der Waals surface area contributed by atoms with Crippen molar-refractivity contribution in [2.75, 3.05) is 0 Å². The Morgan fingerprint density at radius 3 is 2.52 bits per heavy atom. The molecule has 1 unspecified atom stereocenters. The molecular weight excluding hydrogens is 343 g/mol. The third-order valence-corrected chi connectivity index (χ3v) is 3.31. The Labute approximate surface area is 128 Å². The maximum atomic E-state index is 13.9. The van der Waals surface area contributed by atoms with Crippen LogP contribution in [0.15, 0.2) is 40.9 Å². The van der Waals surface area contributed by atoms with Crippen LogP contribution in [0.3, 0.4) is 0 Å². The Kier molecular flexibility index (Phi) is 4.54. The third kappa shape index (κ3) is 3.56. The molecule has 0 heterocycles. The highest BCUT2D eigenvalue weighted by molar-refractivity contribution is 9.10. The summed E-state index contributed by atoms with van der Waals surface area (Å²) < 4.78 is 19.8. The minimum Gasteiger partial charge on any atom is -0.447 e. The Morgan fingerprint density at radius 1 is 1.29 bits per heavy atom. The van der Waals surface area contributed by atoms with E-state index < -0.39 is 10.7 Å². The maximum absolute atomic E-state index is 13.9. The number of halogens is 2. The van der Waals surface area contributed by atoms with Crippen molar-refractivity contribution in [3.05, 3.63) is 62.4 Å². The van der Waals surface area contributed by atoms with Gasteiger partial charge >= 0.3 is 5.69 Å². The molecule has 0 saturated heterocycles. The van der Waals surface area contributed by atoms with Crippen molar-refractivity contribution >= 4 is 21.6 Å². The van der Waals surface area contributed by atoms with Gasteiger partial charge in [0.2, 0.25) is 5.75 Å². The first-order chi connectivity index (χ1) is 9.88. The number of nitrogens with zero attached hydrogens (tertiary/aromatic N) is 1. The Morgan fingerprint density at radius 2 is 1.95 bits per heavy atom. The second-order valence-electron chi connectivity index (χ2n) is 4.45. The van der Waals surface area contributed by atoms with Crippen molar-refractivity contribution in [1.82, 2.24) is 0 Å². The highest BCUT2D eigenvalue weighted by Gasteiger charge is 2.18. The topological polar surface area (TPSA) is 78.4 Å². The summed E-state index contributed by atoms with van der Waals surface area (Å²) in [5, 5.41) is 11.0. The third-order valence-electron chi connectivity index (χ3n) is 2.82. The average Bonchev–Trinajstić information content (AvgIpc) is 2.42. The monoisotopic (exact) mass is 354 g/mol. The summed E-state index contributed by atoms with van der Waals surface area (Å²) in [5.41, 5.74) is 6.03. The molecule has 2 aromatic carbocycles. The van der Waals surface area contributed by atoms with Crippen LogP contribution in [-0.4, -0.2) is 4.92 Å². The van der Waals surface area contributed by atoms with Gasteiger partial charge in [-0.25, -0.2) is 4.39 Å². The van der Waals surface area contributed by atoms with Crippen molar-refractivity contribution in [3.63, 3.8) is 0 Å². The molecule has 5 nitrogen and oxygen atoms in total. The quantitative estimate of drug-likeness (QED) is 0.655. The Bertz CT molecular complexity index is 692. The van der Waals surface area contributed by atoms with E-state index in [-0.39, 0.29) is 23.2 Å². The zero-order valence-electron chi connectivity index (χ0n) is 11.0. The molecule has 0 bridgehead atoms. The summed E-state index contributed by atoms with van der Waals surface area (Å²) in [6.07, 6.45) is 0. The number of nitro benzene ring substituents is 1. The summed E-state index contributed by atoms with van der Waals surface area (Å²) in [6.45, 7) is 1.73. The first-order valence-electron chi connectivity index (χ1n) is 6.05. The van der Waals surface area contributed by atoms with Crippen LogP contribution >= 0.6 is 15.9 Å². The van der Waals surface area contributed by atoms with E-state index in [0.717, 1.165) is 0 Å². The van der Waals surface area contributed by atoms with Crippen molar-refractivity contribution < 1.29 is 14.1 Å². The van der Waals surface area contributed by atoms with Gasteiger partial charge in [-0.15, -0.1) is 0 Å². The molecule has 110 valence electrons. The molecule has 2 rings (SSSR count). The van der Waals surface area contributed by atoms with E-state index in [1.165, 1.54) is 24.3 Å². The molecule has 0 radical (unpaired) electrons. The zero-order chi connectivity index (χ0) is 15.6. The summed E-state index contributed by atoms with van der Waals surface area (Å²) in [6, 6.07) is 8.25. The van der Waals surface area contributed by atoms with E-state index in [4.69, 9.17) is 10.5 Å². The lowest BCUT2D eigenvalue weighted by Gasteiger charge is -2.10. The molecule has 0 aromatic heterocycles. The van der Waals surface area contributed by atoms with Gasteiger partial charge in [-0.2, -0.15) is 0 Å². The average molecular weight is 355 g/mol. The molecule has 0 aliphatic heterocycles. The molecular formula is C14H12BrFN2O3. The number of ether oxygens (including phenoxy) is 1. The number of rotatable bonds is 4. The van der Waals surface area contributed by atoms with Gasteiger partial charge in [-0.1, -0.05) is 22.0 Å². The normalized spacial score (nSPS) is 12.0. The first kappa shape index (κ1) is 15.4. The number of nitrogens with two attached hydrogens (primary N) is 1. The van der Waals surface area contributed by atoms with Crippen LogP contribution < -0.4 is 10.5 Å². The fourth-order valence-corrected chi connectivity index (χ4v) is 2.07. The van der Waals surface area contributed by atoms with Crippen LogP contribution in [0, 0.1) is 15.9 Å². The van der Waals surface area contributed by atoms with Crippen LogP contribution in [0.2, 0.25) is 0 Å². The summed E-state index contributed by atoms with van der Waals surface area (Å²) in [5.74, 6) is -0.748. The largest absolute Gasteiger partial charge is 0.447 e. The lowest BCUT2D eigenvalue weighted by atomic mass is 10.1. The van der Waals surface area contributed by atoms with Crippen LogP contribution in [0.5, 0.6) is 11.5 Å². The highest BCUT2D eigenvalue weighted by Crippen LogP contribution is 2.35. The summed E-state index contributed by atoms with van der Waals surface area (Å²) >= 11 is 3.14. The Balaban J connectivity index is 2.37. The second kappa shape index (κ2) is 6.19. The van der Waals surface area contributed by atoms with E-state index in [2.05, 4.69) is 15.9 Å². The molecule has 7 heteroatoms. The molecule has 0 saturated carbocycles. The second-order valence-corrected chi connectivity index (χ2v) is 5.37. The molecule has 21 heavy (non-hydrogen) atoms. The molecule has 0 fully saturated rings. The van der Waals surface area contributed by atoms with Gasteiger partial charge in [0.25, 0.3) is 0 Å². The van der Waals surface area contributed by atoms with Crippen LogP contribution in [0.25, 0.3) is 0 Å². The standard InChI is InChI=1S/C14H12BrFN2O3/c1-8(17)9-2-4-13(11(16)6-9)21-14-5-3-10(15)7-12(14)18(19)20/h2-8H,17H2,1H3. The van der Waals surface area contributed by atoms with E-state index in [9.17, 15) is 14.5 Å². The summed E-state index contributed by atoms with van der Waals surface area (Å²) in [7, 11) is 0. The molecule has 0 aliphatic carbocycles. The fraction of sp³-hybridized carbons (Fsp3) is 0.143. The Hall–Kier alpha value is -1.99. The predicted molar refractivity (Wildman–Crippen MR) is 79.9 cm³/mol. The van der Waals surface area contributed by atoms with E-state index in [1.807, 2.05) is 0 Å². The van der Waals surface area contributed by atoms with Crippen LogP contribution in [-0.2, 0) is 0 Å². The van der Waals surface area contributed by atoms with Gasteiger partial charge in [-0.05, 0) is 36.8 Å². The van der Waals surface area contributed by atoms with E-state index in [1.54, 1.807) is 19.1 Å². The minimum atomic E-state index is -0.623. The minimum absolute atomic E-state index is 0.0318. The SMILES string of the molecule is CC(N)c1ccc(Oc2ccc(Br)cc2[N+](=O)[O-])c(F)c1. The lowest BCUT2D eigenvalue weighted by molar-refractivity contribution is -0.385. The van der Waals surface area contributed by atoms with Gasteiger partial charge in [0.1, 0.15) is 0 Å². The molecule has 0 amide bonds. The molecule has 0 spiro atoms.